The molecule has 0 unspecified atom stereocenters. The van der Waals surface area contributed by atoms with Crippen molar-refractivity contribution in [1.82, 2.24) is 4.98 Å². The zero-order chi connectivity index (χ0) is 15.4. The van der Waals surface area contributed by atoms with E-state index in [1.807, 2.05) is 52.9 Å². The van der Waals surface area contributed by atoms with Gasteiger partial charge in [0.1, 0.15) is 6.07 Å². The molecule has 1 aromatic carbocycles. The summed E-state index contributed by atoms with van der Waals surface area (Å²) in [7, 11) is -0.444. The number of nitriles is 1. The van der Waals surface area contributed by atoms with Crippen molar-refractivity contribution in [3.63, 3.8) is 0 Å². The second-order valence-corrected chi connectivity index (χ2v) is 6.66. The molecule has 0 bridgehead atoms. The minimum atomic E-state index is -0.444. The predicted octanol–water partition coefficient (Wildman–Crippen LogP) is 2.65. The van der Waals surface area contributed by atoms with Crippen molar-refractivity contribution in [2.45, 2.75) is 45.8 Å². The van der Waals surface area contributed by atoms with Crippen LogP contribution in [0.5, 0.6) is 0 Å². The molecule has 2 heterocycles. The normalized spacial score (nSPS) is 19.9. The lowest BCUT2D eigenvalue weighted by atomic mass is 9.77. The first-order valence-electron chi connectivity index (χ1n) is 7.12. The number of H-pyrrole nitrogens is 1. The summed E-state index contributed by atoms with van der Waals surface area (Å²) in [6.07, 6.45) is 1.92. The van der Waals surface area contributed by atoms with Crippen LogP contribution in [0.3, 0.4) is 0 Å². The number of aromatic nitrogens is 1. The molecule has 4 nitrogen and oxygen atoms in total. The molecule has 0 radical (unpaired) electrons. The standard InChI is InChI=1S/C16H19BN2O2/c1-10-9-19-14-11(8-18)6-12(7-13(10)14)17-20-15(2,3)16(4,5)21-17/h6-7,9,19H,1-5H3. The maximum absolute atomic E-state index is 9.37. The van der Waals surface area contributed by atoms with Crippen LogP contribution in [0.4, 0.5) is 0 Å². The first kappa shape index (κ1) is 14.2. The molecule has 0 aliphatic carbocycles. The van der Waals surface area contributed by atoms with E-state index in [1.165, 1.54) is 0 Å². The van der Waals surface area contributed by atoms with Gasteiger partial charge in [-0.1, -0.05) is 6.07 Å². The number of benzene rings is 1. The first-order valence-corrected chi connectivity index (χ1v) is 7.12. The molecule has 0 amide bonds. The topological polar surface area (TPSA) is 58.0 Å². The Balaban J connectivity index is 2.11. The van der Waals surface area contributed by atoms with Crippen LogP contribution >= 0.6 is 0 Å². The monoisotopic (exact) mass is 282 g/mol. The molecule has 108 valence electrons. The second-order valence-electron chi connectivity index (χ2n) is 6.66. The maximum Gasteiger partial charge on any atom is 0.494 e. The molecule has 0 saturated carbocycles. The van der Waals surface area contributed by atoms with Crippen molar-refractivity contribution >= 4 is 23.5 Å². The number of aromatic amines is 1. The molecule has 3 rings (SSSR count). The third kappa shape index (κ3) is 2.07. The zero-order valence-corrected chi connectivity index (χ0v) is 13.1. The Kier molecular flexibility index (Phi) is 2.95. The van der Waals surface area contributed by atoms with Gasteiger partial charge in [0.15, 0.2) is 0 Å². The van der Waals surface area contributed by atoms with Gasteiger partial charge in [-0.05, 0) is 51.7 Å². The SMILES string of the molecule is Cc1c[nH]c2c(C#N)cc(B3OC(C)(C)C(C)(C)O3)cc12. The number of aryl methyl sites for hydroxylation is 1. The number of fused-ring (bicyclic) bond motifs is 1. The summed E-state index contributed by atoms with van der Waals surface area (Å²) in [6.45, 7) is 10.1. The first-order chi connectivity index (χ1) is 9.75. The van der Waals surface area contributed by atoms with Crippen molar-refractivity contribution in [3.05, 3.63) is 29.5 Å². The van der Waals surface area contributed by atoms with Crippen LogP contribution in [-0.2, 0) is 9.31 Å². The van der Waals surface area contributed by atoms with Gasteiger partial charge in [-0.3, -0.25) is 0 Å². The summed E-state index contributed by atoms with van der Waals surface area (Å²) in [5, 5.41) is 10.4. The fourth-order valence-corrected chi connectivity index (χ4v) is 2.59. The molecule has 1 N–H and O–H groups in total. The summed E-state index contributed by atoms with van der Waals surface area (Å²) in [5.41, 5.74) is 2.72. The van der Waals surface area contributed by atoms with Crippen molar-refractivity contribution in [2.75, 3.05) is 0 Å². The van der Waals surface area contributed by atoms with E-state index in [-0.39, 0.29) is 11.2 Å². The molecular weight excluding hydrogens is 263 g/mol. The lowest BCUT2D eigenvalue weighted by molar-refractivity contribution is 0.00578. The van der Waals surface area contributed by atoms with Crippen LogP contribution in [-0.4, -0.2) is 23.3 Å². The third-order valence-corrected chi connectivity index (χ3v) is 4.66. The number of hydrogen-bond acceptors (Lipinski definition) is 3. The molecular formula is C16H19BN2O2. The number of nitrogens with zero attached hydrogens (tertiary/aromatic N) is 1. The summed E-state index contributed by atoms with van der Waals surface area (Å²) in [4.78, 5) is 3.15. The zero-order valence-electron chi connectivity index (χ0n) is 13.1. The van der Waals surface area contributed by atoms with Crippen LogP contribution < -0.4 is 5.46 Å². The van der Waals surface area contributed by atoms with Crippen LogP contribution in [0.2, 0.25) is 0 Å². The lowest BCUT2D eigenvalue weighted by Gasteiger charge is -2.32. The smallest absolute Gasteiger partial charge is 0.399 e. The van der Waals surface area contributed by atoms with Gasteiger partial charge in [-0.15, -0.1) is 0 Å². The van der Waals surface area contributed by atoms with Crippen molar-refractivity contribution in [3.8, 4) is 6.07 Å². The lowest BCUT2D eigenvalue weighted by Crippen LogP contribution is -2.41. The molecule has 1 fully saturated rings. The third-order valence-electron chi connectivity index (χ3n) is 4.66. The molecule has 1 aromatic heterocycles. The maximum atomic E-state index is 9.37. The Morgan fingerprint density at radius 2 is 1.76 bits per heavy atom. The number of nitrogens with one attached hydrogen (secondary N) is 1. The summed E-state index contributed by atoms with van der Waals surface area (Å²) in [5.74, 6) is 0. The average Bonchev–Trinajstić information content (AvgIpc) is 2.87. The quantitative estimate of drug-likeness (QED) is 0.818. The van der Waals surface area contributed by atoms with Gasteiger partial charge in [0.25, 0.3) is 0 Å². The van der Waals surface area contributed by atoms with E-state index in [0.717, 1.165) is 21.9 Å². The van der Waals surface area contributed by atoms with E-state index in [0.29, 0.717) is 5.56 Å². The van der Waals surface area contributed by atoms with E-state index in [2.05, 4.69) is 11.1 Å². The highest BCUT2D eigenvalue weighted by Gasteiger charge is 2.51. The van der Waals surface area contributed by atoms with Crippen LogP contribution in [0.15, 0.2) is 18.3 Å². The minimum Gasteiger partial charge on any atom is -0.399 e. The Morgan fingerprint density at radius 3 is 2.33 bits per heavy atom. The predicted molar refractivity (Wildman–Crippen MR) is 83.5 cm³/mol. The highest BCUT2D eigenvalue weighted by molar-refractivity contribution is 6.62. The van der Waals surface area contributed by atoms with Crippen LogP contribution in [0.1, 0.15) is 38.8 Å². The molecule has 1 aliphatic heterocycles. The molecule has 21 heavy (non-hydrogen) atoms. The highest BCUT2D eigenvalue weighted by Crippen LogP contribution is 2.36. The molecule has 1 saturated heterocycles. The minimum absolute atomic E-state index is 0.382. The van der Waals surface area contributed by atoms with E-state index in [4.69, 9.17) is 9.31 Å². The molecule has 0 atom stereocenters. The molecule has 1 aliphatic rings. The number of rotatable bonds is 1. The van der Waals surface area contributed by atoms with E-state index in [1.54, 1.807) is 0 Å². The fourth-order valence-electron chi connectivity index (χ4n) is 2.59. The van der Waals surface area contributed by atoms with Gasteiger partial charge in [0.05, 0.1) is 22.3 Å². The van der Waals surface area contributed by atoms with Gasteiger partial charge in [0.2, 0.25) is 0 Å². The summed E-state index contributed by atoms with van der Waals surface area (Å²) >= 11 is 0. The summed E-state index contributed by atoms with van der Waals surface area (Å²) < 4.78 is 12.1. The van der Waals surface area contributed by atoms with E-state index < -0.39 is 7.12 Å². The van der Waals surface area contributed by atoms with Crippen LogP contribution in [0.25, 0.3) is 10.9 Å². The van der Waals surface area contributed by atoms with Gasteiger partial charge < -0.3 is 14.3 Å². The van der Waals surface area contributed by atoms with E-state index in [9.17, 15) is 5.26 Å². The molecule has 5 heteroatoms. The fraction of sp³-hybridized carbons (Fsp3) is 0.438. The highest BCUT2D eigenvalue weighted by atomic mass is 16.7. The van der Waals surface area contributed by atoms with Crippen molar-refractivity contribution in [2.24, 2.45) is 0 Å². The van der Waals surface area contributed by atoms with Crippen molar-refractivity contribution < 1.29 is 9.31 Å². The average molecular weight is 282 g/mol. The molecule has 0 spiro atoms. The Bertz CT molecular complexity index is 739. The second kappa shape index (κ2) is 4.36. The number of hydrogen-bond donors (Lipinski definition) is 1. The molecule has 2 aromatic rings. The van der Waals surface area contributed by atoms with E-state index >= 15 is 0 Å². The Labute approximate surface area is 125 Å². The van der Waals surface area contributed by atoms with Crippen LogP contribution in [0, 0.1) is 18.3 Å². The van der Waals surface area contributed by atoms with Gasteiger partial charge in [-0.25, -0.2) is 0 Å². The Hall–Kier alpha value is -1.77. The van der Waals surface area contributed by atoms with Crippen molar-refractivity contribution in [1.29, 1.82) is 5.26 Å². The summed E-state index contributed by atoms with van der Waals surface area (Å²) in [6, 6.07) is 6.14. The van der Waals surface area contributed by atoms with Gasteiger partial charge in [-0.2, -0.15) is 5.26 Å². The van der Waals surface area contributed by atoms with Gasteiger partial charge >= 0.3 is 7.12 Å². The largest absolute Gasteiger partial charge is 0.494 e. The Morgan fingerprint density at radius 1 is 1.14 bits per heavy atom. The van der Waals surface area contributed by atoms with Gasteiger partial charge in [0, 0.05) is 11.6 Å².